The second-order valence-corrected chi connectivity index (χ2v) is 5.64. The quantitative estimate of drug-likeness (QED) is 0.859. The van der Waals surface area contributed by atoms with E-state index >= 15 is 0 Å². The predicted molar refractivity (Wildman–Crippen MR) is 81.2 cm³/mol. The molecule has 0 aliphatic heterocycles. The lowest BCUT2D eigenvalue weighted by Crippen LogP contribution is -2.34. The van der Waals surface area contributed by atoms with Crippen molar-refractivity contribution in [3.63, 3.8) is 0 Å². The minimum Gasteiger partial charge on any atom is -0.387 e. The Labute approximate surface area is 115 Å². The highest BCUT2D eigenvalue weighted by molar-refractivity contribution is 5.83. The molecular weight excluding hydrogens is 234 g/mol. The lowest BCUT2D eigenvalue weighted by atomic mass is 9.99. The number of rotatable bonds is 5. The van der Waals surface area contributed by atoms with Crippen molar-refractivity contribution in [1.29, 1.82) is 0 Å². The van der Waals surface area contributed by atoms with Crippen LogP contribution < -0.4 is 5.32 Å². The maximum atomic E-state index is 10.4. The Balaban J connectivity index is 2.14. The van der Waals surface area contributed by atoms with Gasteiger partial charge in [-0.05, 0) is 41.8 Å². The summed E-state index contributed by atoms with van der Waals surface area (Å²) in [6.07, 6.45) is -0.469. The summed E-state index contributed by atoms with van der Waals surface area (Å²) >= 11 is 0. The second kappa shape index (κ2) is 6.18. The average molecular weight is 257 g/mol. The van der Waals surface area contributed by atoms with Crippen LogP contribution in [-0.2, 0) is 0 Å². The number of fused-ring (bicyclic) bond motifs is 1. The molecular formula is C17H23NO. The molecule has 19 heavy (non-hydrogen) atoms. The van der Waals surface area contributed by atoms with Gasteiger partial charge in [0.2, 0.25) is 0 Å². The highest BCUT2D eigenvalue weighted by Crippen LogP contribution is 2.22. The van der Waals surface area contributed by atoms with Gasteiger partial charge < -0.3 is 10.4 Å². The molecule has 0 amide bonds. The Hall–Kier alpha value is -1.38. The van der Waals surface area contributed by atoms with E-state index in [4.69, 9.17) is 0 Å². The van der Waals surface area contributed by atoms with Gasteiger partial charge in [0, 0.05) is 6.04 Å². The van der Waals surface area contributed by atoms with E-state index in [1.807, 2.05) is 25.1 Å². The molecule has 0 bridgehead atoms. The van der Waals surface area contributed by atoms with Gasteiger partial charge in [-0.25, -0.2) is 0 Å². The Morgan fingerprint density at radius 1 is 1.00 bits per heavy atom. The molecule has 0 saturated carbocycles. The molecule has 2 unspecified atom stereocenters. The molecule has 102 valence electrons. The second-order valence-electron chi connectivity index (χ2n) is 5.64. The van der Waals surface area contributed by atoms with E-state index in [0.717, 1.165) is 12.1 Å². The van der Waals surface area contributed by atoms with Crippen LogP contribution in [0.25, 0.3) is 10.8 Å². The van der Waals surface area contributed by atoms with Gasteiger partial charge in [-0.1, -0.05) is 50.2 Å². The van der Waals surface area contributed by atoms with Crippen molar-refractivity contribution in [2.24, 2.45) is 5.92 Å². The zero-order valence-corrected chi connectivity index (χ0v) is 11.9. The Bertz CT molecular complexity index is 536. The summed E-state index contributed by atoms with van der Waals surface area (Å²) < 4.78 is 0. The monoisotopic (exact) mass is 257 g/mol. The van der Waals surface area contributed by atoms with Crippen molar-refractivity contribution in [2.75, 3.05) is 6.54 Å². The summed E-state index contributed by atoms with van der Waals surface area (Å²) in [6.45, 7) is 7.29. The Morgan fingerprint density at radius 2 is 1.68 bits per heavy atom. The van der Waals surface area contributed by atoms with Gasteiger partial charge in [-0.2, -0.15) is 0 Å². The standard InChI is InChI=1S/C17H23NO/c1-12(2)11-18-13(3)17(19)16-9-8-14-6-4-5-7-15(14)10-16/h4-10,12-13,17-19H,11H2,1-3H3. The highest BCUT2D eigenvalue weighted by atomic mass is 16.3. The van der Waals surface area contributed by atoms with Gasteiger partial charge in [0.1, 0.15) is 0 Å². The first-order chi connectivity index (χ1) is 9.08. The molecule has 0 aromatic heterocycles. The first kappa shape index (κ1) is 14.0. The van der Waals surface area contributed by atoms with E-state index in [1.165, 1.54) is 10.8 Å². The van der Waals surface area contributed by atoms with E-state index in [2.05, 4.69) is 43.4 Å². The summed E-state index contributed by atoms with van der Waals surface area (Å²) in [7, 11) is 0. The normalized spacial score (nSPS) is 14.8. The van der Waals surface area contributed by atoms with Crippen LogP contribution >= 0.6 is 0 Å². The molecule has 2 aromatic rings. The van der Waals surface area contributed by atoms with Crippen molar-refractivity contribution >= 4 is 10.8 Å². The number of hydrogen-bond donors (Lipinski definition) is 2. The fourth-order valence-corrected chi connectivity index (χ4v) is 2.21. The van der Waals surface area contributed by atoms with Crippen LogP contribution in [0, 0.1) is 5.92 Å². The van der Waals surface area contributed by atoms with Crippen molar-refractivity contribution in [3.8, 4) is 0 Å². The summed E-state index contributed by atoms with van der Waals surface area (Å²) in [5.41, 5.74) is 0.974. The minimum absolute atomic E-state index is 0.0589. The third-order valence-electron chi connectivity index (χ3n) is 3.44. The first-order valence-corrected chi connectivity index (χ1v) is 6.98. The zero-order chi connectivity index (χ0) is 13.8. The molecule has 0 heterocycles. The first-order valence-electron chi connectivity index (χ1n) is 6.98. The maximum Gasteiger partial charge on any atom is 0.0940 e. The molecule has 0 fully saturated rings. The van der Waals surface area contributed by atoms with E-state index in [-0.39, 0.29) is 6.04 Å². The van der Waals surface area contributed by atoms with Crippen LogP contribution in [0.1, 0.15) is 32.4 Å². The average Bonchev–Trinajstić information content (AvgIpc) is 2.43. The third kappa shape index (κ3) is 3.55. The fraction of sp³-hybridized carbons (Fsp3) is 0.412. The molecule has 2 nitrogen and oxygen atoms in total. The SMILES string of the molecule is CC(C)CNC(C)C(O)c1ccc2ccccc2c1. The summed E-state index contributed by atoms with van der Waals surface area (Å²) in [6, 6.07) is 14.5. The van der Waals surface area contributed by atoms with Gasteiger partial charge in [0.15, 0.2) is 0 Å². The van der Waals surface area contributed by atoms with E-state index < -0.39 is 6.10 Å². The van der Waals surface area contributed by atoms with E-state index in [9.17, 15) is 5.11 Å². The van der Waals surface area contributed by atoms with Crippen LogP contribution in [0.5, 0.6) is 0 Å². The topological polar surface area (TPSA) is 32.3 Å². The summed E-state index contributed by atoms with van der Waals surface area (Å²) in [5.74, 6) is 0.589. The maximum absolute atomic E-state index is 10.4. The largest absolute Gasteiger partial charge is 0.387 e. The number of nitrogens with one attached hydrogen (secondary N) is 1. The van der Waals surface area contributed by atoms with Gasteiger partial charge in [-0.15, -0.1) is 0 Å². The predicted octanol–water partition coefficient (Wildman–Crippen LogP) is 3.51. The summed E-state index contributed by atoms with van der Waals surface area (Å²) in [4.78, 5) is 0. The van der Waals surface area contributed by atoms with Crippen LogP contribution in [0.15, 0.2) is 42.5 Å². The smallest absolute Gasteiger partial charge is 0.0940 e. The van der Waals surface area contributed by atoms with Crippen LogP contribution in [0.3, 0.4) is 0 Å². The Kier molecular flexibility index (Phi) is 4.56. The molecule has 2 aromatic carbocycles. The van der Waals surface area contributed by atoms with E-state index in [1.54, 1.807) is 0 Å². The molecule has 2 heteroatoms. The molecule has 0 aliphatic carbocycles. The number of aliphatic hydroxyl groups excluding tert-OH is 1. The van der Waals surface area contributed by atoms with Crippen molar-refractivity contribution in [1.82, 2.24) is 5.32 Å². The Morgan fingerprint density at radius 3 is 2.37 bits per heavy atom. The van der Waals surface area contributed by atoms with E-state index in [0.29, 0.717) is 5.92 Å². The lowest BCUT2D eigenvalue weighted by molar-refractivity contribution is 0.134. The van der Waals surface area contributed by atoms with Crippen molar-refractivity contribution in [3.05, 3.63) is 48.0 Å². The van der Waals surface area contributed by atoms with Crippen LogP contribution in [0.2, 0.25) is 0 Å². The van der Waals surface area contributed by atoms with Crippen molar-refractivity contribution < 1.29 is 5.11 Å². The minimum atomic E-state index is -0.469. The number of aliphatic hydroxyl groups is 1. The molecule has 0 spiro atoms. The molecule has 2 atom stereocenters. The van der Waals surface area contributed by atoms with Gasteiger partial charge >= 0.3 is 0 Å². The van der Waals surface area contributed by atoms with Crippen molar-refractivity contribution in [2.45, 2.75) is 32.9 Å². The molecule has 2 N–H and O–H groups in total. The fourth-order valence-electron chi connectivity index (χ4n) is 2.21. The lowest BCUT2D eigenvalue weighted by Gasteiger charge is -2.22. The van der Waals surface area contributed by atoms with Gasteiger partial charge in [0.05, 0.1) is 6.10 Å². The zero-order valence-electron chi connectivity index (χ0n) is 11.9. The van der Waals surface area contributed by atoms with Crippen LogP contribution in [0.4, 0.5) is 0 Å². The number of hydrogen-bond acceptors (Lipinski definition) is 2. The molecule has 0 saturated heterocycles. The summed E-state index contributed by atoms with van der Waals surface area (Å²) in [5, 5.41) is 16.2. The highest BCUT2D eigenvalue weighted by Gasteiger charge is 2.16. The third-order valence-corrected chi connectivity index (χ3v) is 3.44. The molecule has 0 aliphatic rings. The molecule has 0 radical (unpaired) electrons. The van der Waals surface area contributed by atoms with Crippen LogP contribution in [-0.4, -0.2) is 17.7 Å². The number of benzene rings is 2. The van der Waals surface area contributed by atoms with Gasteiger partial charge in [0.25, 0.3) is 0 Å². The van der Waals surface area contributed by atoms with Gasteiger partial charge in [-0.3, -0.25) is 0 Å². The molecule has 2 rings (SSSR count).